The minimum Gasteiger partial charge on any atom is -0.364 e. The molecule has 0 unspecified atom stereocenters. The normalized spacial score (nSPS) is 15.0. The second-order valence-corrected chi connectivity index (χ2v) is 8.37. The number of benzene rings is 1. The molecule has 0 radical (unpaired) electrons. The number of aromatic nitrogens is 2. The highest BCUT2D eigenvalue weighted by atomic mass is 32.1. The van der Waals surface area contributed by atoms with Crippen molar-refractivity contribution in [3.05, 3.63) is 40.1 Å². The number of likely N-dealkylation sites (N-methyl/N-ethyl adjacent to an activating group) is 1. The van der Waals surface area contributed by atoms with Crippen molar-refractivity contribution in [2.75, 3.05) is 58.2 Å². The van der Waals surface area contributed by atoms with Crippen molar-refractivity contribution in [3.63, 3.8) is 0 Å². The molecule has 3 rings (SSSR count). The largest absolute Gasteiger partial charge is 0.364 e. The van der Waals surface area contributed by atoms with Crippen molar-refractivity contribution in [2.24, 2.45) is 0 Å². The van der Waals surface area contributed by atoms with Gasteiger partial charge in [-0.1, -0.05) is 11.3 Å². The van der Waals surface area contributed by atoms with Crippen LogP contribution in [0.25, 0.3) is 0 Å². The molecule has 9 nitrogen and oxygen atoms in total. The number of hydrogen-bond donors (Lipinski definition) is 2. The number of nitrogens with zero attached hydrogens (tertiary/aromatic N) is 4. The van der Waals surface area contributed by atoms with Crippen LogP contribution in [0.3, 0.4) is 0 Å². The van der Waals surface area contributed by atoms with Crippen LogP contribution in [0.15, 0.2) is 24.3 Å². The lowest BCUT2D eigenvalue weighted by molar-refractivity contribution is -0.126. The van der Waals surface area contributed by atoms with E-state index in [9.17, 15) is 14.0 Å². The SMILES string of the molecule is CN1CCN(CCCNC(=O)COCc2nnc(C(=O)Nc3ccc(F)cc3)s2)CC1. The Labute approximate surface area is 184 Å². The quantitative estimate of drug-likeness (QED) is 0.525. The molecule has 0 aliphatic carbocycles. The number of rotatable bonds is 10. The first-order valence-electron chi connectivity index (χ1n) is 10.1. The molecule has 0 spiro atoms. The highest BCUT2D eigenvalue weighted by molar-refractivity contribution is 7.13. The fourth-order valence-corrected chi connectivity index (χ4v) is 3.68. The van der Waals surface area contributed by atoms with Crippen LogP contribution in [0.4, 0.5) is 10.1 Å². The number of ether oxygens (including phenoxy) is 1. The van der Waals surface area contributed by atoms with E-state index in [1.165, 1.54) is 24.3 Å². The van der Waals surface area contributed by atoms with Crippen molar-refractivity contribution < 1.29 is 18.7 Å². The number of amides is 2. The van der Waals surface area contributed by atoms with Crippen LogP contribution < -0.4 is 10.6 Å². The fraction of sp³-hybridized carbons (Fsp3) is 0.500. The standard InChI is InChI=1S/C20H27FN6O3S/c1-26-9-11-27(12-10-26)8-2-7-22-17(28)13-30-14-18-24-25-20(31-18)19(29)23-16-5-3-15(21)4-6-16/h3-6H,2,7-14H2,1H3,(H,22,28)(H,23,29). The van der Waals surface area contributed by atoms with Gasteiger partial charge in [-0.3, -0.25) is 9.59 Å². The van der Waals surface area contributed by atoms with Crippen molar-refractivity contribution >= 4 is 28.8 Å². The third-order valence-corrected chi connectivity index (χ3v) is 5.69. The maximum absolute atomic E-state index is 12.9. The zero-order chi connectivity index (χ0) is 22.1. The Hall–Kier alpha value is -2.47. The van der Waals surface area contributed by atoms with Gasteiger partial charge < -0.3 is 25.2 Å². The van der Waals surface area contributed by atoms with E-state index in [0.717, 1.165) is 50.5 Å². The van der Waals surface area contributed by atoms with Crippen LogP contribution >= 0.6 is 11.3 Å². The van der Waals surface area contributed by atoms with Crippen LogP contribution in [0.5, 0.6) is 0 Å². The van der Waals surface area contributed by atoms with E-state index in [2.05, 4.69) is 37.7 Å². The first-order chi connectivity index (χ1) is 15.0. The average Bonchev–Trinajstić information content (AvgIpc) is 3.23. The second-order valence-electron chi connectivity index (χ2n) is 7.30. The Morgan fingerprint density at radius 1 is 1.16 bits per heavy atom. The van der Waals surface area contributed by atoms with Gasteiger partial charge in [0.05, 0.1) is 0 Å². The molecule has 1 fully saturated rings. The lowest BCUT2D eigenvalue weighted by Gasteiger charge is -2.32. The molecule has 11 heteroatoms. The monoisotopic (exact) mass is 450 g/mol. The Morgan fingerprint density at radius 2 is 1.90 bits per heavy atom. The number of carbonyl (C=O) groups is 2. The van der Waals surface area contributed by atoms with E-state index in [1.807, 2.05) is 0 Å². The molecule has 168 valence electrons. The number of anilines is 1. The lowest BCUT2D eigenvalue weighted by Crippen LogP contribution is -2.45. The summed E-state index contributed by atoms with van der Waals surface area (Å²) in [5.41, 5.74) is 0.462. The highest BCUT2D eigenvalue weighted by Gasteiger charge is 2.15. The van der Waals surface area contributed by atoms with Crippen LogP contribution in [-0.2, 0) is 16.1 Å². The van der Waals surface area contributed by atoms with Gasteiger partial charge in [0.1, 0.15) is 24.0 Å². The van der Waals surface area contributed by atoms with Crippen LogP contribution in [-0.4, -0.2) is 84.7 Å². The van der Waals surface area contributed by atoms with Gasteiger partial charge in [0.2, 0.25) is 10.9 Å². The summed E-state index contributed by atoms with van der Waals surface area (Å²) in [6, 6.07) is 5.43. The first kappa shape index (κ1) is 23.2. The van der Waals surface area contributed by atoms with Gasteiger partial charge in [0.15, 0.2) is 0 Å². The van der Waals surface area contributed by atoms with Crippen LogP contribution in [0, 0.1) is 5.82 Å². The van der Waals surface area contributed by atoms with E-state index in [1.54, 1.807) is 0 Å². The number of carbonyl (C=O) groups excluding carboxylic acids is 2. The molecule has 0 bridgehead atoms. The molecule has 1 aliphatic heterocycles. The first-order valence-corrected chi connectivity index (χ1v) is 11.0. The minimum atomic E-state index is -0.437. The van der Waals surface area contributed by atoms with Gasteiger partial charge in [0.25, 0.3) is 5.91 Å². The summed E-state index contributed by atoms with van der Waals surface area (Å²) in [4.78, 5) is 28.8. The van der Waals surface area contributed by atoms with Crippen molar-refractivity contribution in [1.29, 1.82) is 0 Å². The van der Waals surface area contributed by atoms with Gasteiger partial charge >= 0.3 is 0 Å². The van der Waals surface area contributed by atoms with Gasteiger partial charge in [-0.2, -0.15) is 0 Å². The lowest BCUT2D eigenvalue weighted by atomic mass is 10.3. The zero-order valence-corrected chi connectivity index (χ0v) is 18.3. The predicted octanol–water partition coefficient (Wildman–Crippen LogP) is 1.20. The van der Waals surface area contributed by atoms with Crippen molar-refractivity contribution in [3.8, 4) is 0 Å². The fourth-order valence-electron chi connectivity index (χ4n) is 3.01. The van der Waals surface area contributed by atoms with E-state index in [0.29, 0.717) is 17.2 Å². The van der Waals surface area contributed by atoms with Crippen LogP contribution in [0.2, 0.25) is 0 Å². The molecular weight excluding hydrogens is 423 g/mol. The number of halogens is 1. The number of piperazine rings is 1. The summed E-state index contributed by atoms with van der Waals surface area (Å²) in [6.45, 7) is 5.91. The maximum Gasteiger partial charge on any atom is 0.286 e. The minimum absolute atomic E-state index is 0.0782. The van der Waals surface area contributed by atoms with Gasteiger partial charge in [-0.25, -0.2) is 4.39 Å². The molecular formula is C20H27FN6O3S. The molecule has 0 atom stereocenters. The second kappa shape index (κ2) is 11.8. The third-order valence-electron chi connectivity index (χ3n) is 4.79. The molecule has 2 heterocycles. The Kier molecular flexibility index (Phi) is 8.83. The Morgan fingerprint density at radius 3 is 2.65 bits per heavy atom. The average molecular weight is 451 g/mol. The molecule has 2 amide bonds. The molecule has 1 saturated heterocycles. The van der Waals surface area contributed by atoms with Gasteiger partial charge in [-0.05, 0) is 44.3 Å². The Balaban J connectivity index is 1.29. The molecule has 2 aromatic rings. The molecule has 1 aromatic carbocycles. The summed E-state index contributed by atoms with van der Waals surface area (Å²) >= 11 is 1.08. The van der Waals surface area contributed by atoms with Crippen LogP contribution in [0.1, 0.15) is 21.2 Å². The van der Waals surface area contributed by atoms with E-state index in [4.69, 9.17) is 4.74 Å². The highest BCUT2D eigenvalue weighted by Crippen LogP contribution is 2.14. The summed E-state index contributed by atoms with van der Waals surface area (Å²) in [5.74, 6) is -1.00. The Bertz CT molecular complexity index is 855. The predicted molar refractivity (Wildman–Crippen MR) is 115 cm³/mol. The number of hydrogen-bond acceptors (Lipinski definition) is 8. The third kappa shape index (κ3) is 7.94. The van der Waals surface area contributed by atoms with Crippen molar-refractivity contribution in [2.45, 2.75) is 13.0 Å². The zero-order valence-electron chi connectivity index (χ0n) is 17.5. The maximum atomic E-state index is 12.9. The number of nitrogens with one attached hydrogen (secondary N) is 2. The smallest absolute Gasteiger partial charge is 0.286 e. The molecule has 0 saturated carbocycles. The molecule has 31 heavy (non-hydrogen) atoms. The summed E-state index contributed by atoms with van der Waals surface area (Å²) < 4.78 is 18.3. The molecule has 1 aromatic heterocycles. The summed E-state index contributed by atoms with van der Waals surface area (Å²) in [5, 5.41) is 13.9. The van der Waals surface area contributed by atoms with E-state index >= 15 is 0 Å². The topological polar surface area (TPSA) is 99.7 Å². The molecule has 2 N–H and O–H groups in total. The van der Waals surface area contributed by atoms with E-state index < -0.39 is 5.91 Å². The van der Waals surface area contributed by atoms with Crippen molar-refractivity contribution in [1.82, 2.24) is 25.3 Å². The molecule has 1 aliphatic rings. The van der Waals surface area contributed by atoms with Gasteiger partial charge in [-0.15, -0.1) is 10.2 Å². The summed E-state index contributed by atoms with van der Waals surface area (Å²) in [7, 11) is 2.13. The van der Waals surface area contributed by atoms with E-state index in [-0.39, 0.29) is 29.9 Å². The van der Waals surface area contributed by atoms with Gasteiger partial charge in [0, 0.05) is 38.4 Å². The summed E-state index contributed by atoms with van der Waals surface area (Å²) in [6.07, 6.45) is 0.901.